The van der Waals surface area contributed by atoms with Crippen LogP contribution >= 0.6 is 11.3 Å². The van der Waals surface area contributed by atoms with Crippen LogP contribution in [0.2, 0.25) is 0 Å². The maximum Gasteiger partial charge on any atom is 0.416 e. The summed E-state index contributed by atoms with van der Waals surface area (Å²) in [5, 5.41) is 4.43. The van der Waals surface area contributed by atoms with E-state index in [2.05, 4.69) is 11.4 Å². The summed E-state index contributed by atoms with van der Waals surface area (Å²) < 4.78 is 39.7. The molecule has 28 heavy (non-hydrogen) atoms. The van der Waals surface area contributed by atoms with Crippen LogP contribution in [0.1, 0.15) is 26.4 Å². The molecule has 0 atom stereocenters. The van der Waals surface area contributed by atoms with Crippen molar-refractivity contribution in [2.24, 2.45) is 0 Å². The summed E-state index contributed by atoms with van der Waals surface area (Å²) in [6, 6.07) is 14.9. The van der Waals surface area contributed by atoms with Crippen LogP contribution in [0.3, 0.4) is 0 Å². The Labute approximate surface area is 164 Å². The number of halogens is 3. The Hall–Kier alpha value is -2.80. The van der Waals surface area contributed by atoms with Crippen molar-refractivity contribution in [3.63, 3.8) is 0 Å². The number of anilines is 2. The molecule has 3 aromatic rings. The van der Waals surface area contributed by atoms with Gasteiger partial charge in [0.2, 0.25) is 0 Å². The van der Waals surface area contributed by atoms with Gasteiger partial charge in [0.05, 0.1) is 21.8 Å². The summed E-state index contributed by atoms with van der Waals surface area (Å²) in [7, 11) is 0. The number of hydrogen-bond donors (Lipinski definition) is 1. The number of amides is 1. The first kappa shape index (κ1) is 18.6. The summed E-state index contributed by atoms with van der Waals surface area (Å²) in [6.07, 6.45) is -3.68. The van der Waals surface area contributed by atoms with E-state index in [-0.39, 0.29) is 5.69 Å². The van der Waals surface area contributed by atoms with Crippen LogP contribution in [0.15, 0.2) is 60.0 Å². The molecule has 7 heteroatoms. The zero-order valence-electron chi connectivity index (χ0n) is 14.8. The molecule has 1 aromatic heterocycles. The average Bonchev–Trinajstić information content (AvgIpc) is 3.22. The monoisotopic (exact) mass is 402 g/mol. The lowest BCUT2D eigenvalue weighted by Gasteiger charge is -2.32. The van der Waals surface area contributed by atoms with Gasteiger partial charge >= 0.3 is 6.18 Å². The zero-order chi connectivity index (χ0) is 19.7. The highest BCUT2D eigenvalue weighted by molar-refractivity contribution is 7.12. The quantitative estimate of drug-likeness (QED) is 0.620. The van der Waals surface area contributed by atoms with Crippen molar-refractivity contribution in [3.8, 4) is 0 Å². The fraction of sp³-hybridized carbons (Fsp3) is 0.190. The predicted octanol–water partition coefficient (Wildman–Crippen LogP) is 5.58. The van der Waals surface area contributed by atoms with Gasteiger partial charge in [0.15, 0.2) is 0 Å². The lowest BCUT2D eigenvalue weighted by molar-refractivity contribution is -0.137. The third-order valence-electron chi connectivity index (χ3n) is 4.79. The van der Waals surface area contributed by atoms with Gasteiger partial charge < -0.3 is 10.2 Å². The molecule has 144 valence electrons. The molecule has 0 fully saturated rings. The van der Waals surface area contributed by atoms with Crippen LogP contribution in [0.4, 0.5) is 24.5 Å². The standard InChI is InChI=1S/C21H17F3N2OS/c22-21(23,24)16-7-8-18(17(12-16)25-20(27)19-6-3-11-28-19)26-10-9-14-4-1-2-5-15(14)13-26/h1-8,11-12H,9-10,13H2,(H,25,27). The third-order valence-corrected chi connectivity index (χ3v) is 5.66. The molecule has 4 rings (SSSR count). The molecule has 0 saturated carbocycles. The molecule has 0 aliphatic carbocycles. The summed E-state index contributed by atoms with van der Waals surface area (Å²) in [5.74, 6) is -0.409. The fourth-order valence-electron chi connectivity index (χ4n) is 3.38. The second-order valence-corrected chi connectivity index (χ2v) is 7.55. The molecule has 0 spiro atoms. The van der Waals surface area contributed by atoms with Crippen molar-refractivity contribution >= 4 is 28.6 Å². The molecule has 2 heterocycles. The minimum Gasteiger partial charge on any atom is -0.365 e. The van der Waals surface area contributed by atoms with Gasteiger partial charge in [0.25, 0.3) is 5.91 Å². The Morgan fingerprint density at radius 3 is 2.54 bits per heavy atom. The molecular formula is C21H17F3N2OS. The summed E-state index contributed by atoms with van der Waals surface area (Å²) in [6.45, 7) is 1.26. The largest absolute Gasteiger partial charge is 0.416 e. The van der Waals surface area contributed by atoms with Crippen LogP contribution in [0, 0.1) is 0 Å². The van der Waals surface area contributed by atoms with E-state index >= 15 is 0 Å². The summed E-state index contributed by atoms with van der Waals surface area (Å²) in [4.78, 5) is 14.9. The van der Waals surface area contributed by atoms with Crippen molar-refractivity contribution in [1.29, 1.82) is 0 Å². The van der Waals surface area contributed by atoms with E-state index in [1.54, 1.807) is 17.5 Å². The number of fused-ring (bicyclic) bond motifs is 1. The molecule has 1 N–H and O–H groups in total. The molecule has 0 unspecified atom stereocenters. The minimum absolute atomic E-state index is 0.174. The number of nitrogens with one attached hydrogen (secondary N) is 1. The van der Waals surface area contributed by atoms with Gasteiger partial charge in [-0.1, -0.05) is 30.3 Å². The molecule has 0 bridgehead atoms. The first-order valence-electron chi connectivity index (χ1n) is 8.79. The van der Waals surface area contributed by atoms with Gasteiger partial charge in [0, 0.05) is 13.1 Å². The number of carbonyl (C=O) groups excluding carboxylic acids is 1. The molecule has 1 amide bonds. The average molecular weight is 402 g/mol. The highest BCUT2D eigenvalue weighted by atomic mass is 32.1. The maximum absolute atomic E-state index is 13.2. The summed E-state index contributed by atoms with van der Waals surface area (Å²) >= 11 is 1.24. The zero-order valence-corrected chi connectivity index (χ0v) is 15.6. The van der Waals surface area contributed by atoms with Crippen LogP contribution in [-0.4, -0.2) is 12.5 Å². The molecule has 0 radical (unpaired) electrons. The Bertz CT molecular complexity index is 999. The highest BCUT2D eigenvalue weighted by Crippen LogP contribution is 2.37. The molecule has 0 saturated heterocycles. The topological polar surface area (TPSA) is 32.3 Å². The number of carbonyl (C=O) groups is 1. The smallest absolute Gasteiger partial charge is 0.365 e. The first-order chi connectivity index (χ1) is 13.4. The Balaban J connectivity index is 1.69. The molecule has 3 nitrogen and oxygen atoms in total. The van der Waals surface area contributed by atoms with Gasteiger partial charge in [-0.3, -0.25) is 4.79 Å². The van der Waals surface area contributed by atoms with Gasteiger partial charge in [-0.2, -0.15) is 13.2 Å². The minimum atomic E-state index is -4.48. The second-order valence-electron chi connectivity index (χ2n) is 6.60. The van der Waals surface area contributed by atoms with Crippen molar-refractivity contribution in [2.75, 3.05) is 16.8 Å². The lowest BCUT2D eigenvalue weighted by Crippen LogP contribution is -2.31. The van der Waals surface area contributed by atoms with E-state index in [9.17, 15) is 18.0 Å². The summed E-state index contributed by atoms with van der Waals surface area (Å²) in [5.41, 5.74) is 2.37. The number of rotatable bonds is 3. The van der Waals surface area contributed by atoms with Crippen LogP contribution in [-0.2, 0) is 19.1 Å². The first-order valence-corrected chi connectivity index (χ1v) is 9.67. The number of thiophene rings is 1. The van der Waals surface area contributed by atoms with E-state index in [0.29, 0.717) is 23.7 Å². The molecule has 2 aromatic carbocycles. The molecular weight excluding hydrogens is 385 g/mol. The van der Waals surface area contributed by atoms with Gasteiger partial charge in [-0.05, 0) is 47.2 Å². The van der Waals surface area contributed by atoms with Crippen molar-refractivity contribution in [2.45, 2.75) is 19.1 Å². The molecule has 1 aliphatic heterocycles. The lowest BCUT2D eigenvalue weighted by atomic mass is 9.99. The van der Waals surface area contributed by atoms with Crippen molar-refractivity contribution < 1.29 is 18.0 Å². The Morgan fingerprint density at radius 1 is 1.04 bits per heavy atom. The number of hydrogen-bond acceptors (Lipinski definition) is 3. The number of nitrogens with zero attached hydrogens (tertiary/aromatic N) is 1. The van der Waals surface area contributed by atoms with Crippen molar-refractivity contribution in [1.82, 2.24) is 0 Å². The number of benzene rings is 2. The van der Waals surface area contributed by atoms with Gasteiger partial charge in [-0.15, -0.1) is 11.3 Å². The second kappa shape index (κ2) is 7.31. The fourth-order valence-corrected chi connectivity index (χ4v) is 4.00. The van der Waals surface area contributed by atoms with Crippen molar-refractivity contribution in [3.05, 3.63) is 81.5 Å². The Morgan fingerprint density at radius 2 is 1.82 bits per heavy atom. The highest BCUT2D eigenvalue weighted by Gasteiger charge is 2.32. The SMILES string of the molecule is O=C(Nc1cc(C(F)(F)F)ccc1N1CCc2ccccc2C1)c1cccs1. The number of alkyl halides is 3. The van der Waals surface area contributed by atoms with Crippen LogP contribution < -0.4 is 10.2 Å². The van der Waals surface area contributed by atoms with Gasteiger partial charge in [-0.25, -0.2) is 0 Å². The predicted molar refractivity (Wildman–Crippen MR) is 105 cm³/mol. The maximum atomic E-state index is 13.2. The van der Waals surface area contributed by atoms with E-state index in [1.807, 2.05) is 23.1 Å². The molecule has 1 aliphatic rings. The van der Waals surface area contributed by atoms with E-state index in [1.165, 1.54) is 23.0 Å². The van der Waals surface area contributed by atoms with Gasteiger partial charge in [0.1, 0.15) is 0 Å². The van der Waals surface area contributed by atoms with Crippen LogP contribution in [0.25, 0.3) is 0 Å². The Kier molecular flexibility index (Phi) is 4.85. The van der Waals surface area contributed by atoms with E-state index in [0.717, 1.165) is 24.1 Å². The van der Waals surface area contributed by atoms with E-state index in [4.69, 9.17) is 0 Å². The van der Waals surface area contributed by atoms with E-state index < -0.39 is 17.6 Å². The third kappa shape index (κ3) is 3.75. The normalized spacial score (nSPS) is 13.9. The van der Waals surface area contributed by atoms with Crippen LogP contribution in [0.5, 0.6) is 0 Å².